The van der Waals surface area contributed by atoms with Crippen LogP contribution in [-0.2, 0) is 13.2 Å². The van der Waals surface area contributed by atoms with Gasteiger partial charge in [0.25, 0.3) is 0 Å². The van der Waals surface area contributed by atoms with Crippen LogP contribution in [0.4, 0.5) is 5.69 Å². The van der Waals surface area contributed by atoms with E-state index in [1.54, 1.807) is 13.2 Å². The first-order valence-electron chi connectivity index (χ1n) is 10.7. The summed E-state index contributed by atoms with van der Waals surface area (Å²) in [6, 6.07) is 25.0. The topological polar surface area (TPSA) is 61.8 Å². The lowest BCUT2D eigenvalue weighted by Gasteiger charge is -2.20. The Bertz CT molecular complexity index is 977. The Morgan fingerprint density at radius 1 is 1.06 bits per heavy atom. The lowest BCUT2D eigenvalue weighted by Crippen LogP contribution is -2.44. The molecule has 0 bridgehead atoms. The summed E-state index contributed by atoms with van der Waals surface area (Å²) in [7, 11) is 1.80. The molecule has 0 amide bonds. The van der Waals surface area contributed by atoms with Crippen molar-refractivity contribution in [2.45, 2.75) is 25.6 Å². The average molecular weight is 416 g/mol. The molecular formula is C25H29N5O. The number of nitrogens with zero attached hydrogens (tertiary/aromatic N) is 3. The standard InChI is InChI=1S/C25H29N5O/c1-26-25(29-22-14-16-30(18-22)23-12-6-3-7-13-23)28-17-21-11-8-15-27-24(21)31-19-20-9-4-2-5-10-20/h2-13,15,22H,14,16-19H2,1H3,(H2,26,28,29). The second-order valence-corrected chi connectivity index (χ2v) is 7.58. The zero-order valence-electron chi connectivity index (χ0n) is 17.9. The predicted molar refractivity (Wildman–Crippen MR) is 125 cm³/mol. The van der Waals surface area contributed by atoms with Crippen LogP contribution in [0.2, 0.25) is 0 Å². The smallest absolute Gasteiger partial charge is 0.218 e. The van der Waals surface area contributed by atoms with Crippen molar-refractivity contribution >= 4 is 11.6 Å². The average Bonchev–Trinajstić information content (AvgIpc) is 3.31. The Labute approximate surface area is 184 Å². The summed E-state index contributed by atoms with van der Waals surface area (Å²) in [6.07, 6.45) is 2.83. The number of guanidine groups is 1. The van der Waals surface area contributed by atoms with Gasteiger partial charge in [-0.3, -0.25) is 4.99 Å². The van der Waals surface area contributed by atoms with Crippen molar-refractivity contribution in [2.24, 2.45) is 4.99 Å². The van der Waals surface area contributed by atoms with Crippen LogP contribution in [0, 0.1) is 0 Å². The Hall–Kier alpha value is -3.54. The van der Waals surface area contributed by atoms with Gasteiger partial charge in [0.1, 0.15) is 6.61 Å². The first-order valence-corrected chi connectivity index (χ1v) is 10.7. The van der Waals surface area contributed by atoms with Crippen LogP contribution < -0.4 is 20.3 Å². The molecule has 1 saturated heterocycles. The van der Waals surface area contributed by atoms with E-state index < -0.39 is 0 Å². The molecule has 2 heterocycles. The van der Waals surface area contributed by atoms with Gasteiger partial charge in [-0.15, -0.1) is 0 Å². The van der Waals surface area contributed by atoms with Crippen LogP contribution >= 0.6 is 0 Å². The Morgan fingerprint density at radius 3 is 2.61 bits per heavy atom. The molecule has 3 aromatic rings. The summed E-state index contributed by atoms with van der Waals surface area (Å²) in [5, 5.41) is 6.96. The van der Waals surface area contributed by atoms with Gasteiger partial charge in [0.05, 0.1) is 0 Å². The van der Waals surface area contributed by atoms with Crippen molar-refractivity contribution in [3.8, 4) is 5.88 Å². The van der Waals surface area contributed by atoms with E-state index in [-0.39, 0.29) is 0 Å². The summed E-state index contributed by atoms with van der Waals surface area (Å²) < 4.78 is 5.97. The van der Waals surface area contributed by atoms with Gasteiger partial charge in [-0.1, -0.05) is 54.6 Å². The molecule has 1 aliphatic rings. The number of rotatable bonds is 7. The fraction of sp³-hybridized carbons (Fsp3) is 0.280. The molecule has 1 aromatic heterocycles. The number of aromatic nitrogens is 1. The van der Waals surface area contributed by atoms with E-state index in [2.05, 4.69) is 55.8 Å². The van der Waals surface area contributed by atoms with E-state index in [1.165, 1.54) is 5.69 Å². The molecule has 31 heavy (non-hydrogen) atoms. The molecule has 0 radical (unpaired) electrons. The number of pyridine rings is 1. The van der Waals surface area contributed by atoms with Crippen LogP contribution in [0.3, 0.4) is 0 Å². The van der Waals surface area contributed by atoms with Gasteiger partial charge in [0.15, 0.2) is 5.96 Å². The number of hydrogen-bond donors (Lipinski definition) is 2. The SMILES string of the molecule is CN=C(NCc1cccnc1OCc1ccccc1)NC1CCN(c2ccccc2)C1. The third-order valence-corrected chi connectivity index (χ3v) is 5.39. The first kappa shape index (κ1) is 20.7. The zero-order chi connectivity index (χ0) is 21.3. The Morgan fingerprint density at radius 2 is 1.84 bits per heavy atom. The van der Waals surface area contributed by atoms with Crippen molar-refractivity contribution < 1.29 is 4.74 Å². The minimum absolute atomic E-state index is 0.356. The van der Waals surface area contributed by atoms with E-state index in [1.807, 2.05) is 42.5 Å². The van der Waals surface area contributed by atoms with Crippen LogP contribution in [0.15, 0.2) is 84.0 Å². The minimum atomic E-state index is 0.356. The first-order chi connectivity index (χ1) is 15.3. The highest BCUT2D eigenvalue weighted by molar-refractivity contribution is 5.80. The number of ether oxygens (including phenoxy) is 1. The number of anilines is 1. The van der Waals surface area contributed by atoms with Gasteiger partial charge < -0.3 is 20.3 Å². The molecule has 6 nitrogen and oxygen atoms in total. The number of benzene rings is 2. The summed E-state index contributed by atoms with van der Waals surface area (Å²) >= 11 is 0. The highest BCUT2D eigenvalue weighted by Gasteiger charge is 2.23. The highest BCUT2D eigenvalue weighted by Crippen LogP contribution is 2.20. The molecule has 6 heteroatoms. The number of hydrogen-bond acceptors (Lipinski definition) is 4. The fourth-order valence-corrected chi connectivity index (χ4v) is 3.73. The van der Waals surface area contributed by atoms with Gasteiger partial charge >= 0.3 is 0 Å². The highest BCUT2D eigenvalue weighted by atomic mass is 16.5. The summed E-state index contributed by atoms with van der Waals surface area (Å²) in [6.45, 7) is 3.09. The maximum absolute atomic E-state index is 5.97. The van der Waals surface area contributed by atoms with Crippen molar-refractivity contribution in [3.05, 3.63) is 90.1 Å². The maximum Gasteiger partial charge on any atom is 0.218 e. The van der Waals surface area contributed by atoms with E-state index in [0.717, 1.165) is 36.6 Å². The molecule has 1 unspecified atom stereocenters. The Balaban J connectivity index is 1.30. The predicted octanol–water partition coefficient (Wildman–Crippen LogP) is 3.60. The monoisotopic (exact) mass is 415 g/mol. The van der Waals surface area contributed by atoms with E-state index in [4.69, 9.17) is 4.74 Å². The molecule has 2 N–H and O–H groups in total. The molecule has 0 aliphatic carbocycles. The third-order valence-electron chi connectivity index (χ3n) is 5.39. The van der Waals surface area contributed by atoms with Crippen molar-refractivity contribution in [1.29, 1.82) is 0 Å². The van der Waals surface area contributed by atoms with E-state index in [0.29, 0.717) is 25.1 Å². The van der Waals surface area contributed by atoms with Crippen LogP contribution in [0.5, 0.6) is 5.88 Å². The quantitative estimate of drug-likeness (QED) is 0.456. The largest absolute Gasteiger partial charge is 0.473 e. The van der Waals surface area contributed by atoms with Crippen molar-refractivity contribution in [2.75, 3.05) is 25.0 Å². The second kappa shape index (κ2) is 10.5. The molecular weight excluding hydrogens is 386 g/mol. The summed E-state index contributed by atoms with van der Waals surface area (Å²) in [5.41, 5.74) is 3.39. The van der Waals surface area contributed by atoms with Crippen LogP contribution in [0.1, 0.15) is 17.5 Å². The third kappa shape index (κ3) is 5.75. The van der Waals surface area contributed by atoms with Crippen molar-refractivity contribution in [3.63, 3.8) is 0 Å². The lowest BCUT2D eigenvalue weighted by molar-refractivity contribution is 0.290. The van der Waals surface area contributed by atoms with Crippen LogP contribution in [0.25, 0.3) is 0 Å². The van der Waals surface area contributed by atoms with Crippen LogP contribution in [-0.4, -0.2) is 37.1 Å². The van der Waals surface area contributed by atoms with E-state index in [9.17, 15) is 0 Å². The molecule has 4 rings (SSSR count). The van der Waals surface area contributed by atoms with Gasteiger partial charge in [-0.25, -0.2) is 4.98 Å². The second-order valence-electron chi connectivity index (χ2n) is 7.58. The molecule has 1 atom stereocenters. The fourth-order valence-electron chi connectivity index (χ4n) is 3.73. The molecule has 1 aliphatic heterocycles. The lowest BCUT2D eigenvalue weighted by atomic mass is 10.2. The summed E-state index contributed by atoms with van der Waals surface area (Å²) in [4.78, 5) is 11.2. The van der Waals surface area contributed by atoms with Gasteiger partial charge in [0, 0.05) is 50.2 Å². The summed E-state index contributed by atoms with van der Waals surface area (Å²) in [5.74, 6) is 1.43. The van der Waals surface area contributed by atoms with Gasteiger partial charge in [-0.2, -0.15) is 0 Å². The van der Waals surface area contributed by atoms with Crippen molar-refractivity contribution in [1.82, 2.24) is 15.6 Å². The number of aliphatic imine (C=N–C) groups is 1. The minimum Gasteiger partial charge on any atom is -0.473 e. The number of nitrogens with one attached hydrogen (secondary N) is 2. The zero-order valence-corrected chi connectivity index (χ0v) is 17.9. The maximum atomic E-state index is 5.97. The molecule has 0 saturated carbocycles. The van der Waals surface area contributed by atoms with E-state index >= 15 is 0 Å². The molecule has 0 spiro atoms. The molecule has 1 fully saturated rings. The molecule has 160 valence electrons. The Kier molecular flexibility index (Phi) is 7.00. The normalized spacial score (nSPS) is 16.2. The molecule has 2 aromatic carbocycles. The van der Waals surface area contributed by atoms with Gasteiger partial charge in [0.2, 0.25) is 5.88 Å². The number of para-hydroxylation sites is 1. The van der Waals surface area contributed by atoms with Gasteiger partial charge in [-0.05, 0) is 30.2 Å².